The summed E-state index contributed by atoms with van der Waals surface area (Å²) < 4.78 is 8.36. The van der Waals surface area contributed by atoms with E-state index in [9.17, 15) is 0 Å². The molecule has 0 bridgehead atoms. The van der Waals surface area contributed by atoms with E-state index >= 15 is 0 Å². The van der Waals surface area contributed by atoms with Gasteiger partial charge < -0.3 is 9.30 Å². The van der Waals surface area contributed by atoms with Crippen LogP contribution in [0, 0.1) is 3.83 Å². The van der Waals surface area contributed by atoms with Crippen LogP contribution in [0.4, 0.5) is 0 Å². The highest BCUT2D eigenvalue weighted by molar-refractivity contribution is 14.1. The fourth-order valence-electron chi connectivity index (χ4n) is 1.45. The summed E-state index contributed by atoms with van der Waals surface area (Å²) in [5.74, 6) is 0.919. The Bertz CT molecular complexity index is 453. The minimum absolute atomic E-state index is 0.794. The smallest absolute Gasteiger partial charge is 0.171 e. The number of hydrogen-bond donors (Lipinski definition) is 0. The second kappa shape index (κ2) is 4.65. The van der Waals surface area contributed by atoms with E-state index in [1.807, 2.05) is 24.4 Å². The van der Waals surface area contributed by atoms with E-state index in [1.165, 1.54) is 0 Å². The van der Waals surface area contributed by atoms with Crippen molar-refractivity contribution in [2.75, 3.05) is 7.11 Å². The molecule has 0 radical (unpaired) electrons. The summed E-state index contributed by atoms with van der Waals surface area (Å²) in [4.78, 5) is 4.18. The zero-order valence-electron chi connectivity index (χ0n) is 8.35. The van der Waals surface area contributed by atoms with Gasteiger partial charge in [-0.25, -0.2) is 4.98 Å². The average Bonchev–Trinajstić information content (AvgIpc) is 2.65. The van der Waals surface area contributed by atoms with Gasteiger partial charge in [-0.15, -0.1) is 0 Å². The molecule has 2 rings (SSSR count). The van der Waals surface area contributed by atoms with E-state index in [0.717, 1.165) is 21.7 Å². The largest absolute Gasteiger partial charge is 0.496 e. The number of methoxy groups -OCH3 is 1. The first-order valence-corrected chi connectivity index (χ1v) is 5.67. The Morgan fingerprint density at radius 3 is 2.87 bits per heavy atom. The van der Waals surface area contributed by atoms with E-state index in [4.69, 9.17) is 4.74 Å². The average molecular weight is 314 g/mol. The highest BCUT2D eigenvalue weighted by Crippen LogP contribution is 2.19. The monoisotopic (exact) mass is 314 g/mol. The Labute approximate surface area is 102 Å². The summed E-state index contributed by atoms with van der Waals surface area (Å²) in [5, 5.41) is 0. The fourth-order valence-corrected chi connectivity index (χ4v) is 1.94. The van der Waals surface area contributed by atoms with Crippen molar-refractivity contribution < 1.29 is 4.74 Å². The molecule has 1 heterocycles. The maximum Gasteiger partial charge on any atom is 0.171 e. The number of imidazole rings is 1. The lowest BCUT2D eigenvalue weighted by molar-refractivity contribution is 0.408. The van der Waals surface area contributed by atoms with Crippen LogP contribution in [0.1, 0.15) is 5.56 Å². The number of hydrogen-bond acceptors (Lipinski definition) is 2. The second-order valence-corrected chi connectivity index (χ2v) is 4.10. The molecule has 0 unspecified atom stereocenters. The van der Waals surface area contributed by atoms with Gasteiger partial charge in [-0.2, -0.15) is 0 Å². The summed E-state index contributed by atoms with van der Waals surface area (Å²) >= 11 is 2.22. The van der Waals surface area contributed by atoms with Crippen molar-refractivity contribution >= 4 is 22.6 Å². The fraction of sp³-hybridized carbons (Fsp3) is 0.182. The van der Waals surface area contributed by atoms with Gasteiger partial charge in [0.15, 0.2) is 3.83 Å². The molecule has 0 saturated heterocycles. The van der Waals surface area contributed by atoms with Crippen molar-refractivity contribution in [2.24, 2.45) is 0 Å². The van der Waals surface area contributed by atoms with E-state index in [0.29, 0.717) is 0 Å². The van der Waals surface area contributed by atoms with Crippen LogP contribution in [0.15, 0.2) is 36.7 Å². The Kier molecular flexibility index (Phi) is 3.25. The maximum absolute atomic E-state index is 5.30. The zero-order chi connectivity index (χ0) is 10.7. The van der Waals surface area contributed by atoms with Gasteiger partial charge in [-0.1, -0.05) is 18.2 Å². The van der Waals surface area contributed by atoms with Gasteiger partial charge in [0.05, 0.1) is 13.7 Å². The molecule has 3 nitrogen and oxygen atoms in total. The minimum Gasteiger partial charge on any atom is -0.496 e. The van der Waals surface area contributed by atoms with Crippen molar-refractivity contribution in [1.82, 2.24) is 9.55 Å². The second-order valence-electron chi connectivity index (χ2n) is 3.14. The lowest BCUT2D eigenvalue weighted by atomic mass is 10.2. The van der Waals surface area contributed by atoms with Crippen molar-refractivity contribution in [2.45, 2.75) is 6.54 Å². The summed E-state index contributed by atoms with van der Waals surface area (Å²) in [6, 6.07) is 8.02. The molecular formula is C11H11IN2O. The molecular weight excluding hydrogens is 303 g/mol. The number of para-hydroxylation sites is 1. The number of nitrogens with zero attached hydrogens (tertiary/aromatic N) is 2. The lowest BCUT2D eigenvalue weighted by Crippen LogP contribution is -2.02. The first kappa shape index (κ1) is 10.5. The molecule has 0 aliphatic carbocycles. The van der Waals surface area contributed by atoms with E-state index in [2.05, 4.69) is 38.2 Å². The minimum atomic E-state index is 0.794. The van der Waals surface area contributed by atoms with Crippen molar-refractivity contribution in [1.29, 1.82) is 0 Å². The van der Waals surface area contributed by atoms with Gasteiger partial charge in [-0.3, -0.25) is 0 Å². The van der Waals surface area contributed by atoms with Crippen molar-refractivity contribution in [3.8, 4) is 5.75 Å². The maximum atomic E-state index is 5.30. The van der Waals surface area contributed by atoms with E-state index in [1.54, 1.807) is 13.3 Å². The molecule has 4 heteroatoms. The molecule has 0 amide bonds. The van der Waals surface area contributed by atoms with Gasteiger partial charge in [0.25, 0.3) is 0 Å². The van der Waals surface area contributed by atoms with Crippen LogP contribution >= 0.6 is 22.6 Å². The van der Waals surface area contributed by atoms with Crippen LogP contribution in [-0.2, 0) is 6.54 Å². The van der Waals surface area contributed by atoms with Gasteiger partial charge in [0.2, 0.25) is 0 Å². The Morgan fingerprint density at radius 1 is 1.40 bits per heavy atom. The summed E-state index contributed by atoms with van der Waals surface area (Å²) in [7, 11) is 1.69. The molecule has 2 aromatic rings. The molecule has 1 aromatic carbocycles. The molecule has 0 aliphatic heterocycles. The first-order valence-electron chi connectivity index (χ1n) is 4.60. The zero-order valence-corrected chi connectivity index (χ0v) is 10.5. The van der Waals surface area contributed by atoms with Gasteiger partial charge in [0, 0.05) is 18.0 Å². The SMILES string of the molecule is COc1ccccc1Cn1ccnc1I. The molecule has 0 spiro atoms. The third-order valence-corrected chi connectivity index (χ3v) is 3.10. The third-order valence-electron chi connectivity index (χ3n) is 2.20. The van der Waals surface area contributed by atoms with Crippen molar-refractivity contribution in [3.63, 3.8) is 0 Å². The normalized spacial score (nSPS) is 10.3. The molecule has 15 heavy (non-hydrogen) atoms. The standard InChI is InChI=1S/C11H11IN2O/c1-15-10-5-3-2-4-9(10)8-14-7-6-13-11(14)12/h2-7H,8H2,1H3. The van der Waals surface area contributed by atoms with Crippen LogP contribution < -0.4 is 4.74 Å². The van der Waals surface area contributed by atoms with Crippen molar-refractivity contribution in [3.05, 3.63) is 46.1 Å². The molecule has 0 N–H and O–H groups in total. The summed E-state index contributed by atoms with van der Waals surface area (Å²) in [6.07, 6.45) is 3.77. The third kappa shape index (κ3) is 2.31. The highest BCUT2D eigenvalue weighted by atomic mass is 127. The Balaban J connectivity index is 2.28. The highest BCUT2D eigenvalue weighted by Gasteiger charge is 2.04. The van der Waals surface area contributed by atoms with Crippen LogP contribution in [0.25, 0.3) is 0 Å². The number of rotatable bonds is 3. The predicted octanol–water partition coefficient (Wildman–Crippen LogP) is 2.54. The molecule has 0 saturated carbocycles. The predicted molar refractivity (Wildman–Crippen MR) is 67.0 cm³/mol. The summed E-state index contributed by atoms with van der Waals surface area (Å²) in [5.41, 5.74) is 1.16. The number of aromatic nitrogens is 2. The van der Waals surface area contributed by atoms with Crippen LogP contribution in [0.3, 0.4) is 0 Å². The molecule has 0 atom stereocenters. The summed E-state index contributed by atoms with van der Waals surface area (Å²) in [6.45, 7) is 0.794. The van der Waals surface area contributed by atoms with Crippen LogP contribution in [-0.4, -0.2) is 16.7 Å². The Morgan fingerprint density at radius 2 is 2.20 bits per heavy atom. The number of benzene rings is 1. The molecule has 1 aromatic heterocycles. The first-order chi connectivity index (χ1) is 7.31. The van der Waals surface area contributed by atoms with Gasteiger partial charge in [-0.05, 0) is 28.7 Å². The van der Waals surface area contributed by atoms with Gasteiger partial charge in [0.1, 0.15) is 5.75 Å². The molecule has 0 aliphatic rings. The van der Waals surface area contributed by atoms with E-state index in [-0.39, 0.29) is 0 Å². The Hall–Kier alpha value is -1.04. The number of halogens is 1. The molecule has 0 fully saturated rings. The lowest BCUT2D eigenvalue weighted by Gasteiger charge is -2.09. The quantitative estimate of drug-likeness (QED) is 0.814. The number of ether oxygens (including phenoxy) is 1. The topological polar surface area (TPSA) is 27.1 Å². The molecule has 78 valence electrons. The van der Waals surface area contributed by atoms with E-state index < -0.39 is 0 Å². The van der Waals surface area contributed by atoms with Crippen LogP contribution in [0.5, 0.6) is 5.75 Å². The van der Waals surface area contributed by atoms with Gasteiger partial charge >= 0.3 is 0 Å². The van der Waals surface area contributed by atoms with Crippen LogP contribution in [0.2, 0.25) is 0 Å².